The van der Waals surface area contributed by atoms with E-state index in [9.17, 15) is 27.6 Å². The molecule has 3 rings (SSSR count). The predicted molar refractivity (Wildman–Crippen MR) is 117 cm³/mol. The van der Waals surface area contributed by atoms with Crippen molar-refractivity contribution in [2.24, 2.45) is 0 Å². The molecule has 0 bridgehead atoms. The second-order valence-corrected chi connectivity index (χ2v) is 7.75. The van der Waals surface area contributed by atoms with E-state index in [1.54, 1.807) is 31.2 Å². The summed E-state index contributed by atoms with van der Waals surface area (Å²) in [5.74, 6) is -0.812. The number of amides is 1. The van der Waals surface area contributed by atoms with Crippen LogP contribution in [0.3, 0.4) is 0 Å². The number of nitrogens with one attached hydrogen (secondary N) is 1. The molecule has 0 aliphatic rings. The van der Waals surface area contributed by atoms with E-state index in [0.29, 0.717) is 16.7 Å². The van der Waals surface area contributed by atoms with Gasteiger partial charge in [0.15, 0.2) is 0 Å². The Morgan fingerprint density at radius 3 is 2.39 bits per heavy atom. The maximum atomic E-state index is 13.2. The van der Waals surface area contributed by atoms with Crippen molar-refractivity contribution in [3.8, 4) is 5.69 Å². The molecule has 174 valence electrons. The fourth-order valence-corrected chi connectivity index (χ4v) is 3.05. The Labute approximate surface area is 187 Å². The number of aromatic nitrogens is 3. The Bertz CT molecular complexity index is 1280. The second-order valence-electron chi connectivity index (χ2n) is 7.75. The maximum absolute atomic E-state index is 13.2. The number of halogens is 3. The van der Waals surface area contributed by atoms with Gasteiger partial charge in [0.1, 0.15) is 0 Å². The molecule has 10 heteroatoms. The highest BCUT2D eigenvalue weighted by Gasteiger charge is 2.31. The first-order valence-corrected chi connectivity index (χ1v) is 10.3. The van der Waals surface area contributed by atoms with E-state index in [-0.39, 0.29) is 18.3 Å². The zero-order chi connectivity index (χ0) is 24.3. The molecule has 1 aromatic heterocycles. The highest BCUT2D eigenvalue weighted by atomic mass is 19.4. The number of alkyl halides is 3. The topological polar surface area (TPSA) is 86.0 Å². The molecule has 3 aromatic rings. The molecule has 0 radical (unpaired) electrons. The van der Waals surface area contributed by atoms with Crippen LogP contribution < -0.4 is 16.6 Å². The molecular formula is C23H23F3N4O3. The van der Waals surface area contributed by atoms with Gasteiger partial charge in [0.05, 0.1) is 17.8 Å². The highest BCUT2D eigenvalue weighted by molar-refractivity contribution is 5.91. The smallest absolute Gasteiger partial charge is 0.348 e. The molecule has 0 saturated heterocycles. The van der Waals surface area contributed by atoms with Crippen molar-refractivity contribution < 1.29 is 18.0 Å². The second kappa shape index (κ2) is 9.43. The number of benzene rings is 2. The molecule has 0 unspecified atom stereocenters. The summed E-state index contributed by atoms with van der Waals surface area (Å²) in [6.07, 6.45) is -4.07. The highest BCUT2D eigenvalue weighted by Crippen LogP contribution is 2.29. The Morgan fingerprint density at radius 1 is 1.12 bits per heavy atom. The van der Waals surface area contributed by atoms with E-state index >= 15 is 0 Å². The largest absolute Gasteiger partial charge is 0.416 e. The van der Waals surface area contributed by atoms with Gasteiger partial charge in [-0.25, -0.2) is 4.79 Å². The molecular weight excluding hydrogens is 437 g/mol. The number of rotatable bonds is 6. The van der Waals surface area contributed by atoms with Gasteiger partial charge in [-0.3, -0.25) is 14.2 Å². The van der Waals surface area contributed by atoms with Crippen molar-refractivity contribution in [2.45, 2.75) is 46.0 Å². The molecule has 0 aliphatic heterocycles. The van der Waals surface area contributed by atoms with Crippen molar-refractivity contribution in [3.63, 3.8) is 0 Å². The van der Waals surface area contributed by atoms with Crippen LogP contribution in [0.15, 0.2) is 58.1 Å². The summed E-state index contributed by atoms with van der Waals surface area (Å²) in [4.78, 5) is 38.9. The number of aryl methyl sites for hydroxylation is 1. The first-order chi connectivity index (χ1) is 15.5. The van der Waals surface area contributed by atoms with E-state index in [0.717, 1.165) is 28.3 Å². The number of nitrogens with zero attached hydrogens (tertiary/aromatic N) is 3. The quantitative estimate of drug-likeness (QED) is 0.612. The Balaban J connectivity index is 2.21. The first-order valence-electron chi connectivity index (χ1n) is 10.3. The van der Waals surface area contributed by atoms with Crippen LogP contribution in [0.5, 0.6) is 0 Å². The van der Waals surface area contributed by atoms with E-state index in [4.69, 9.17) is 0 Å². The van der Waals surface area contributed by atoms with E-state index in [1.807, 2.05) is 13.8 Å². The van der Waals surface area contributed by atoms with Gasteiger partial charge in [-0.2, -0.15) is 23.0 Å². The summed E-state index contributed by atoms with van der Waals surface area (Å²) in [5, 5.41) is 6.47. The molecule has 1 N–H and O–H groups in total. The van der Waals surface area contributed by atoms with E-state index < -0.39 is 34.6 Å². The molecule has 0 fully saturated rings. The van der Waals surface area contributed by atoms with Crippen LogP contribution in [-0.2, 0) is 12.7 Å². The summed E-state index contributed by atoms with van der Waals surface area (Å²) in [5.41, 5.74) is -2.10. The average molecular weight is 460 g/mol. The van der Waals surface area contributed by atoms with E-state index in [2.05, 4.69) is 10.4 Å². The van der Waals surface area contributed by atoms with Gasteiger partial charge in [0.2, 0.25) is 5.69 Å². The van der Waals surface area contributed by atoms with Crippen LogP contribution in [-0.4, -0.2) is 26.3 Å². The monoisotopic (exact) mass is 460 g/mol. The van der Waals surface area contributed by atoms with Crippen molar-refractivity contribution >= 4 is 5.91 Å². The zero-order valence-electron chi connectivity index (χ0n) is 18.3. The van der Waals surface area contributed by atoms with Gasteiger partial charge in [0.25, 0.3) is 11.5 Å². The van der Waals surface area contributed by atoms with Crippen LogP contribution in [0, 0.1) is 6.92 Å². The molecule has 0 aliphatic carbocycles. The summed E-state index contributed by atoms with van der Waals surface area (Å²) >= 11 is 0. The van der Waals surface area contributed by atoms with Crippen LogP contribution in [0.4, 0.5) is 13.2 Å². The molecule has 1 amide bonds. The molecule has 33 heavy (non-hydrogen) atoms. The zero-order valence-corrected chi connectivity index (χ0v) is 18.3. The Kier molecular flexibility index (Phi) is 6.85. The van der Waals surface area contributed by atoms with Gasteiger partial charge in [-0.1, -0.05) is 42.8 Å². The molecule has 0 spiro atoms. The van der Waals surface area contributed by atoms with Crippen LogP contribution in [0.25, 0.3) is 5.69 Å². The normalized spacial score (nSPS) is 12.4. The van der Waals surface area contributed by atoms with Crippen LogP contribution in [0.1, 0.15) is 47.4 Å². The first kappa shape index (κ1) is 24.0. The standard InChI is InChI=1S/C23H23F3N4O3/c1-4-15(3)27-20(31)19-21(32)29(13-16-10-8-14(2)9-11-16)22(33)30(28-19)18-7-5-6-17(12-18)23(24,25)26/h5-12,15H,4,13H2,1-3H3,(H,27,31)/t15-/m0/s1. The van der Waals surface area contributed by atoms with Crippen molar-refractivity contribution in [3.05, 3.63) is 91.8 Å². The lowest BCUT2D eigenvalue weighted by Gasteiger charge is -2.15. The minimum absolute atomic E-state index is 0.178. The summed E-state index contributed by atoms with van der Waals surface area (Å²) < 4.78 is 41.1. The lowest BCUT2D eigenvalue weighted by Crippen LogP contribution is -2.47. The fraction of sp³-hybridized carbons (Fsp3) is 0.304. The number of carbonyl (C=O) groups is 1. The Morgan fingerprint density at radius 2 is 1.79 bits per heavy atom. The van der Waals surface area contributed by atoms with Gasteiger partial charge >= 0.3 is 11.9 Å². The molecule has 2 aromatic carbocycles. The van der Waals surface area contributed by atoms with Gasteiger partial charge in [0, 0.05) is 6.04 Å². The number of hydrogen-bond donors (Lipinski definition) is 1. The summed E-state index contributed by atoms with van der Waals surface area (Å²) in [7, 11) is 0. The van der Waals surface area contributed by atoms with Crippen LogP contribution >= 0.6 is 0 Å². The van der Waals surface area contributed by atoms with E-state index in [1.165, 1.54) is 6.07 Å². The minimum Gasteiger partial charge on any atom is -0.348 e. The maximum Gasteiger partial charge on any atom is 0.416 e. The van der Waals surface area contributed by atoms with Crippen molar-refractivity contribution in [1.29, 1.82) is 0 Å². The third kappa shape index (κ3) is 5.39. The van der Waals surface area contributed by atoms with Gasteiger partial charge in [-0.05, 0) is 44.0 Å². The van der Waals surface area contributed by atoms with Crippen LogP contribution in [0.2, 0.25) is 0 Å². The Hall–Kier alpha value is -3.69. The van der Waals surface area contributed by atoms with Gasteiger partial charge < -0.3 is 5.32 Å². The SMILES string of the molecule is CC[C@H](C)NC(=O)c1nn(-c2cccc(C(F)(F)F)c2)c(=O)n(Cc2ccc(C)cc2)c1=O. The summed E-state index contributed by atoms with van der Waals surface area (Å²) in [6.45, 7) is 5.26. The molecule has 0 saturated carbocycles. The third-order valence-corrected chi connectivity index (χ3v) is 5.14. The lowest BCUT2D eigenvalue weighted by molar-refractivity contribution is -0.137. The third-order valence-electron chi connectivity index (χ3n) is 5.14. The number of hydrogen-bond acceptors (Lipinski definition) is 4. The number of carbonyl (C=O) groups excluding carboxylic acids is 1. The lowest BCUT2D eigenvalue weighted by atomic mass is 10.1. The van der Waals surface area contributed by atoms with Gasteiger partial charge in [-0.15, -0.1) is 0 Å². The molecule has 1 atom stereocenters. The fourth-order valence-electron chi connectivity index (χ4n) is 3.05. The predicted octanol–water partition coefficient (Wildman–Crippen LogP) is 3.30. The molecule has 1 heterocycles. The minimum atomic E-state index is -4.65. The summed E-state index contributed by atoms with van der Waals surface area (Å²) in [6, 6.07) is 10.7. The van der Waals surface area contributed by atoms with Crippen molar-refractivity contribution in [1.82, 2.24) is 19.7 Å². The van der Waals surface area contributed by atoms with Crippen molar-refractivity contribution in [2.75, 3.05) is 0 Å². The molecule has 7 nitrogen and oxygen atoms in total. The average Bonchev–Trinajstić information content (AvgIpc) is 2.77.